The second-order valence-corrected chi connectivity index (χ2v) is 9.39. The molecule has 0 aliphatic carbocycles. The third kappa shape index (κ3) is 6.56. The van der Waals surface area contributed by atoms with Crippen molar-refractivity contribution in [3.8, 4) is 0 Å². The quantitative estimate of drug-likeness (QED) is 0.529. The summed E-state index contributed by atoms with van der Waals surface area (Å²) in [5.74, 6) is 1.28. The fourth-order valence-electron chi connectivity index (χ4n) is 4.49. The third-order valence-electron chi connectivity index (χ3n) is 5.84. The molecule has 2 aromatic rings. The van der Waals surface area contributed by atoms with Crippen molar-refractivity contribution >= 4 is 5.96 Å². The first-order valence-electron chi connectivity index (χ1n) is 11.6. The summed E-state index contributed by atoms with van der Waals surface area (Å²) in [4.78, 5) is 9.11. The lowest BCUT2D eigenvalue weighted by atomic mass is 10.1. The molecule has 1 aliphatic heterocycles. The summed E-state index contributed by atoms with van der Waals surface area (Å²) in [7, 11) is 5.88. The maximum atomic E-state index is 5.84. The molecule has 0 radical (unpaired) electrons. The normalized spacial score (nSPS) is 20.1. The molecule has 7 nitrogen and oxygen atoms in total. The highest BCUT2D eigenvalue weighted by atomic mass is 16.5. The van der Waals surface area contributed by atoms with Crippen molar-refractivity contribution in [2.24, 2.45) is 12.0 Å². The van der Waals surface area contributed by atoms with Crippen molar-refractivity contribution in [3.63, 3.8) is 0 Å². The monoisotopic (exact) mass is 440 g/mol. The summed E-state index contributed by atoms with van der Waals surface area (Å²) >= 11 is 0. The number of ether oxygens (including phenoxy) is 1. The Labute approximate surface area is 193 Å². The van der Waals surface area contributed by atoms with E-state index in [2.05, 4.69) is 90.4 Å². The van der Waals surface area contributed by atoms with Crippen molar-refractivity contribution in [1.82, 2.24) is 24.9 Å². The second kappa shape index (κ2) is 11.0. The van der Waals surface area contributed by atoms with Crippen LogP contribution in [-0.2, 0) is 31.4 Å². The Morgan fingerprint density at radius 1 is 1.19 bits per heavy atom. The van der Waals surface area contributed by atoms with Crippen molar-refractivity contribution in [1.29, 1.82) is 0 Å². The first kappa shape index (κ1) is 24.3. The molecule has 0 bridgehead atoms. The SMILES string of the molecule is CN=C(NCc1ccc(CN2CC(C)OC(C)C2)cc1)N(C)Cc1cn(C)nc1C(C)C. The highest BCUT2D eigenvalue weighted by Gasteiger charge is 2.22. The molecule has 1 aromatic heterocycles. The highest BCUT2D eigenvalue weighted by Crippen LogP contribution is 2.19. The molecule has 2 unspecified atom stereocenters. The minimum atomic E-state index is 0.300. The van der Waals surface area contributed by atoms with Gasteiger partial charge in [-0.15, -0.1) is 0 Å². The van der Waals surface area contributed by atoms with Crippen LogP contribution < -0.4 is 5.32 Å². The topological polar surface area (TPSA) is 57.9 Å². The van der Waals surface area contributed by atoms with E-state index < -0.39 is 0 Å². The number of aliphatic imine (C=N–C) groups is 1. The van der Waals surface area contributed by atoms with Gasteiger partial charge < -0.3 is 15.0 Å². The molecule has 0 saturated carbocycles. The molecule has 2 atom stereocenters. The number of aryl methyl sites for hydroxylation is 1. The molecular formula is C25H40N6O. The lowest BCUT2D eigenvalue weighted by molar-refractivity contribution is -0.0704. The standard InChI is InChI=1S/C25H40N6O/c1-18(2)24-23(17-30(7)28-24)16-29(6)25(26-5)27-12-21-8-10-22(11-9-21)15-31-13-19(3)32-20(4)14-31/h8-11,17-20H,12-16H2,1-7H3,(H,26,27). The van der Waals surface area contributed by atoms with Crippen LogP contribution in [-0.4, -0.2) is 64.9 Å². The molecule has 0 spiro atoms. The van der Waals surface area contributed by atoms with Gasteiger partial charge in [0.1, 0.15) is 0 Å². The van der Waals surface area contributed by atoms with Gasteiger partial charge >= 0.3 is 0 Å². The number of nitrogens with one attached hydrogen (secondary N) is 1. The maximum absolute atomic E-state index is 5.84. The summed E-state index contributed by atoms with van der Waals surface area (Å²) in [6.07, 6.45) is 2.71. The third-order valence-corrected chi connectivity index (χ3v) is 5.84. The molecule has 1 aromatic carbocycles. The van der Waals surface area contributed by atoms with E-state index in [1.165, 1.54) is 16.7 Å². The Balaban J connectivity index is 1.53. The molecule has 1 fully saturated rings. The van der Waals surface area contributed by atoms with Crippen molar-refractivity contribution in [2.45, 2.75) is 65.5 Å². The van der Waals surface area contributed by atoms with E-state index >= 15 is 0 Å². The van der Waals surface area contributed by atoms with E-state index in [9.17, 15) is 0 Å². The number of hydrogen-bond acceptors (Lipinski definition) is 4. The molecule has 1 N–H and O–H groups in total. The fraction of sp³-hybridized carbons (Fsp3) is 0.600. The summed E-state index contributed by atoms with van der Waals surface area (Å²) < 4.78 is 7.74. The Morgan fingerprint density at radius 3 is 2.41 bits per heavy atom. The van der Waals surface area contributed by atoms with Crippen LogP contribution in [0, 0.1) is 0 Å². The van der Waals surface area contributed by atoms with E-state index in [0.29, 0.717) is 18.1 Å². The van der Waals surface area contributed by atoms with Crippen LogP contribution in [0.2, 0.25) is 0 Å². The number of nitrogens with zero attached hydrogens (tertiary/aromatic N) is 5. The zero-order chi connectivity index (χ0) is 23.3. The molecule has 2 heterocycles. The minimum absolute atomic E-state index is 0.300. The summed E-state index contributed by atoms with van der Waals surface area (Å²) in [6, 6.07) is 8.89. The van der Waals surface area contributed by atoms with Crippen LogP contribution in [0.1, 0.15) is 56.0 Å². The van der Waals surface area contributed by atoms with E-state index in [1.54, 1.807) is 0 Å². The lowest BCUT2D eigenvalue weighted by Gasteiger charge is -2.35. The van der Waals surface area contributed by atoms with Crippen molar-refractivity contribution < 1.29 is 4.74 Å². The van der Waals surface area contributed by atoms with Gasteiger partial charge in [0.05, 0.1) is 17.9 Å². The van der Waals surface area contributed by atoms with Gasteiger partial charge in [0.25, 0.3) is 0 Å². The number of benzene rings is 1. The zero-order valence-electron chi connectivity index (χ0n) is 20.8. The number of hydrogen-bond donors (Lipinski definition) is 1. The predicted molar refractivity (Wildman–Crippen MR) is 131 cm³/mol. The van der Waals surface area contributed by atoms with Gasteiger partial charge in [0.2, 0.25) is 0 Å². The van der Waals surface area contributed by atoms with Crippen LogP contribution in [0.5, 0.6) is 0 Å². The van der Waals surface area contributed by atoms with Crippen LogP contribution in [0.15, 0.2) is 35.5 Å². The summed E-state index contributed by atoms with van der Waals surface area (Å²) in [5, 5.41) is 8.11. The molecule has 0 amide bonds. The number of morpholine rings is 1. The van der Waals surface area contributed by atoms with Crippen LogP contribution in [0.3, 0.4) is 0 Å². The fourth-order valence-corrected chi connectivity index (χ4v) is 4.49. The number of guanidine groups is 1. The zero-order valence-corrected chi connectivity index (χ0v) is 20.8. The van der Waals surface area contributed by atoms with Crippen molar-refractivity contribution in [3.05, 3.63) is 52.8 Å². The lowest BCUT2D eigenvalue weighted by Crippen LogP contribution is -2.44. The van der Waals surface area contributed by atoms with Gasteiger partial charge in [0.15, 0.2) is 5.96 Å². The smallest absolute Gasteiger partial charge is 0.193 e. The van der Waals surface area contributed by atoms with Gasteiger partial charge in [0, 0.05) is 65.6 Å². The van der Waals surface area contributed by atoms with Crippen LogP contribution in [0.25, 0.3) is 0 Å². The summed E-state index contributed by atoms with van der Waals surface area (Å²) in [5.41, 5.74) is 4.98. The first-order chi connectivity index (χ1) is 15.2. The minimum Gasteiger partial charge on any atom is -0.373 e. The van der Waals surface area contributed by atoms with E-state index in [0.717, 1.165) is 44.4 Å². The molecule has 1 aliphatic rings. The van der Waals surface area contributed by atoms with E-state index in [4.69, 9.17) is 4.74 Å². The number of aromatic nitrogens is 2. The molecular weight excluding hydrogens is 400 g/mol. The Bertz CT molecular complexity index is 878. The van der Waals surface area contributed by atoms with Crippen LogP contribution >= 0.6 is 0 Å². The average Bonchev–Trinajstić information content (AvgIpc) is 3.09. The second-order valence-electron chi connectivity index (χ2n) is 9.39. The molecule has 32 heavy (non-hydrogen) atoms. The summed E-state index contributed by atoms with van der Waals surface area (Å²) in [6.45, 7) is 13.1. The Morgan fingerprint density at radius 2 is 1.81 bits per heavy atom. The van der Waals surface area contributed by atoms with Gasteiger partial charge in [-0.05, 0) is 30.9 Å². The van der Waals surface area contributed by atoms with E-state index in [1.807, 2.05) is 18.8 Å². The highest BCUT2D eigenvalue weighted by molar-refractivity contribution is 5.79. The maximum Gasteiger partial charge on any atom is 0.193 e. The largest absolute Gasteiger partial charge is 0.373 e. The van der Waals surface area contributed by atoms with Gasteiger partial charge in [-0.2, -0.15) is 5.10 Å². The van der Waals surface area contributed by atoms with Gasteiger partial charge in [-0.25, -0.2) is 0 Å². The molecule has 3 rings (SSSR count). The Hall–Kier alpha value is -2.38. The van der Waals surface area contributed by atoms with Crippen LogP contribution in [0.4, 0.5) is 0 Å². The number of rotatable bonds is 7. The Kier molecular flexibility index (Phi) is 8.32. The first-order valence-corrected chi connectivity index (χ1v) is 11.6. The molecule has 1 saturated heterocycles. The van der Waals surface area contributed by atoms with Crippen molar-refractivity contribution in [2.75, 3.05) is 27.2 Å². The molecule has 7 heteroatoms. The van der Waals surface area contributed by atoms with E-state index in [-0.39, 0.29) is 0 Å². The van der Waals surface area contributed by atoms with Gasteiger partial charge in [-0.1, -0.05) is 38.1 Å². The predicted octanol–water partition coefficient (Wildman–Crippen LogP) is 3.36. The molecule has 176 valence electrons. The van der Waals surface area contributed by atoms with Gasteiger partial charge in [-0.3, -0.25) is 14.6 Å². The average molecular weight is 441 g/mol.